The Bertz CT molecular complexity index is 637. The lowest BCUT2D eigenvalue weighted by molar-refractivity contribution is -0.133. The van der Waals surface area contributed by atoms with Gasteiger partial charge in [-0.3, -0.25) is 9.48 Å². The summed E-state index contributed by atoms with van der Waals surface area (Å²) in [6.07, 6.45) is 3.95. The Morgan fingerprint density at radius 1 is 1.32 bits per heavy atom. The molecule has 0 aromatic carbocycles. The molecule has 0 spiro atoms. The lowest BCUT2D eigenvalue weighted by atomic mass is 10.1. The van der Waals surface area contributed by atoms with Gasteiger partial charge in [0.25, 0.3) is 0 Å². The van der Waals surface area contributed by atoms with Crippen molar-refractivity contribution in [2.75, 3.05) is 26.7 Å². The van der Waals surface area contributed by atoms with Gasteiger partial charge in [0.2, 0.25) is 5.91 Å². The molecule has 7 heteroatoms. The lowest BCUT2D eigenvalue weighted by Gasteiger charge is -2.34. The molecule has 2 aliphatic rings. The number of amides is 3. The normalized spacial score (nSPS) is 20.4. The number of rotatable bonds is 5. The van der Waals surface area contributed by atoms with E-state index < -0.39 is 0 Å². The first kappa shape index (κ1) is 17.8. The highest BCUT2D eigenvalue weighted by atomic mass is 16.2. The van der Waals surface area contributed by atoms with Crippen LogP contribution in [0.25, 0.3) is 0 Å². The molecule has 1 aliphatic heterocycles. The molecule has 25 heavy (non-hydrogen) atoms. The molecule has 1 aromatic rings. The molecule has 1 saturated carbocycles. The highest BCUT2D eigenvalue weighted by molar-refractivity contribution is 5.81. The molecule has 0 bridgehead atoms. The molecule has 7 nitrogen and oxygen atoms in total. The highest BCUT2D eigenvalue weighted by Gasteiger charge is 2.35. The minimum absolute atomic E-state index is 0.0556. The van der Waals surface area contributed by atoms with Crippen LogP contribution in [0.2, 0.25) is 0 Å². The molecule has 0 unspecified atom stereocenters. The Labute approximate surface area is 149 Å². The second-order valence-corrected chi connectivity index (χ2v) is 7.42. The van der Waals surface area contributed by atoms with E-state index >= 15 is 0 Å². The minimum atomic E-state index is -0.0766. The second kappa shape index (κ2) is 7.45. The SMILES string of the molecule is Cc1cc(C)n(CCN(C)C(=O)N[C@H]2CCCN(C(=O)C3CC3)C2)n1. The van der Waals surface area contributed by atoms with Gasteiger partial charge in [0.15, 0.2) is 0 Å². The molecule has 1 atom stereocenters. The topological polar surface area (TPSA) is 70.5 Å². The molecule has 2 heterocycles. The van der Waals surface area contributed by atoms with E-state index in [9.17, 15) is 9.59 Å². The van der Waals surface area contributed by atoms with Crippen LogP contribution in [-0.4, -0.2) is 64.2 Å². The summed E-state index contributed by atoms with van der Waals surface area (Å²) >= 11 is 0. The summed E-state index contributed by atoms with van der Waals surface area (Å²) < 4.78 is 1.93. The average Bonchev–Trinajstić information content (AvgIpc) is 3.37. The number of aryl methyl sites for hydroxylation is 2. The van der Waals surface area contributed by atoms with Gasteiger partial charge in [-0.2, -0.15) is 5.10 Å². The molecule has 2 fully saturated rings. The Kier molecular flexibility index (Phi) is 5.30. The lowest BCUT2D eigenvalue weighted by Crippen LogP contribution is -2.52. The summed E-state index contributed by atoms with van der Waals surface area (Å²) in [5, 5.41) is 7.51. The van der Waals surface area contributed by atoms with E-state index in [1.165, 1.54) is 0 Å². The molecule has 0 radical (unpaired) electrons. The zero-order chi connectivity index (χ0) is 18.0. The predicted molar refractivity (Wildman–Crippen MR) is 95.2 cm³/mol. The summed E-state index contributed by atoms with van der Waals surface area (Å²) in [4.78, 5) is 28.3. The Balaban J connectivity index is 1.45. The maximum absolute atomic E-state index is 12.4. The molecular weight excluding hydrogens is 318 g/mol. The standard InChI is InChI=1S/C18H29N5O2/c1-13-11-14(2)23(20-13)10-9-21(3)18(25)19-16-5-4-8-22(12-16)17(24)15-6-7-15/h11,15-16H,4-10,12H2,1-3H3,(H,19,25)/t16-/m0/s1. The number of piperidine rings is 1. The largest absolute Gasteiger partial charge is 0.340 e. The van der Waals surface area contributed by atoms with Crippen molar-refractivity contribution in [1.29, 1.82) is 0 Å². The third-order valence-corrected chi connectivity index (χ3v) is 5.08. The van der Waals surface area contributed by atoms with E-state index in [-0.39, 0.29) is 23.9 Å². The number of nitrogens with zero attached hydrogens (tertiary/aromatic N) is 4. The number of hydrogen-bond acceptors (Lipinski definition) is 3. The summed E-state index contributed by atoms with van der Waals surface area (Å²) in [5.74, 6) is 0.523. The summed E-state index contributed by atoms with van der Waals surface area (Å²) in [6, 6.07) is 2.01. The average molecular weight is 347 g/mol. The van der Waals surface area contributed by atoms with Gasteiger partial charge in [-0.1, -0.05) is 0 Å². The fraction of sp³-hybridized carbons (Fsp3) is 0.722. The van der Waals surface area contributed by atoms with E-state index in [0.717, 1.165) is 43.6 Å². The predicted octanol–water partition coefficient (Wildman–Crippen LogP) is 1.54. The first-order chi connectivity index (χ1) is 11.9. The third-order valence-electron chi connectivity index (χ3n) is 5.08. The molecule has 3 amide bonds. The van der Waals surface area contributed by atoms with Gasteiger partial charge in [0.1, 0.15) is 0 Å². The van der Waals surface area contributed by atoms with Gasteiger partial charge in [-0.25, -0.2) is 4.79 Å². The molecule has 3 rings (SSSR count). The van der Waals surface area contributed by atoms with Crippen molar-refractivity contribution >= 4 is 11.9 Å². The number of aromatic nitrogens is 2. The first-order valence-corrected chi connectivity index (χ1v) is 9.25. The van der Waals surface area contributed by atoms with Gasteiger partial charge in [0.05, 0.1) is 12.2 Å². The van der Waals surface area contributed by atoms with Crippen LogP contribution in [0.5, 0.6) is 0 Å². The van der Waals surface area contributed by atoms with Crippen LogP contribution in [0.1, 0.15) is 37.1 Å². The number of urea groups is 1. The number of hydrogen-bond donors (Lipinski definition) is 1. The zero-order valence-electron chi connectivity index (χ0n) is 15.5. The second-order valence-electron chi connectivity index (χ2n) is 7.42. The monoisotopic (exact) mass is 347 g/mol. The van der Waals surface area contributed by atoms with Crippen LogP contribution in [0.15, 0.2) is 6.07 Å². The number of likely N-dealkylation sites (N-methyl/N-ethyl adjacent to an activating group) is 1. The Morgan fingerprint density at radius 3 is 2.72 bits per heavy atom. The zero-order valence-corrected chi connectivity index (χ0v) is 15.5. The Morgan fingerprint density at radius 2 is 2.08 bits per heavy atom. The summed E-state index contributed by atoms with van der Waals surface area (Å²) in [5.41, 5.74) is 2.10. The fourth-order valence-corrected chi connectivity index (χ4v) is 3.42. The van der Waals surface area contributed by atoms with E-state index in [4.69, 9.17) is 0 Å². The smallest absolute Gasteiger partial charge is 0.317 e. The quantitative estimate of drug-likeness (QED) is 0.878. The van der Waals surface area contributed by atoms with Crippen molar-refractivity contribution < 1.29 is 9.59 Å². The van der Waals surface area contributed by atoms with Crippen LogP contribution in [-0.2, 0) is 11.3 Å². The van der Waals surface area contributed by atoms with E-state index in [1.54, 1.807) is 11.9 Å². The number of likely N-dealkylation sites (tertiary alicyclic amines) is 1. The molecule has 138 valence electrons. The van der Waals surface area contributed by atoms with Crippen LogP contribution in [0.4, 0.5) is 4.79 Å². The summed E-state index contributed by atoms with van der Waals surface area (Å²) in [6.45, 7) is 6.75. The van der Waals surface area contributed by atoms with Crippen molar-refractivity contribution in [2.45, 2.75) is 52.1 Å². The van der Waals surface area contributed by atoms with E-state index in [0.29, 0.717) is 19.6 Å². The van der Waals surface area contributed by atoms with E-state index in [1.807, 2.05) is 29.5 Å². The van der Waals surface area contributed by atoms with Crippen LogP contribution in [0, 0.1) is 19.8 Å². The fourth-order valence-electron chi connectivity index (χ4n) is 3.42. The minimum Gasteiger partial charge on any atom is -0.340 e. The third kappa shape index (κ3) is 4.52. The van der Waals surface area contributed by atoms with Crippen molar-refractivity contribution in [3.05, 3.63) is 17.5 Å². The molecule has 1 N–H and O–H groups in total. The van der Waals surface area contributed by atoms with Crippen molar-refractivity contribution in [1.82, 2.24) is 24.9 Å². The van der Waals surface area contributed by atoms with Crippen LogP contribution >= 0.6 is 0 Å². The van der Waals surface area contributed by atoms with Crippen LogP contribution < -0.4 is 5.32 Å². The molecular formula is C18H29N5O2. The highest BCUT2D eigenvalue weighted by Crippen LogP contribution is 2.31. The number of carbonyl (C=O) groups is 2. The van der Waals surface area contributed by atoms with Gasteiger partial charge in [0, 0.05) is 44.3 Å². The van der Waals surface area contributed by atoms with Gasteiger partial charge in [-0.15, -0.1) is 0 Å². The van der Waals surface area contributed by atoms with Gasteiger partial charge < -0.3 is 15.1 Å². The van der Waals surface area contributed by atoms with Crippen molar-refractivity contribution in [3.63, 3.8) is 0 Å². The molecule has 1 aliphatic carbocycles. The van der Waals surface area contributed by atoms with Gasteiger partial charge in [-0.05, 0) is 45.6 Å². The summed E-state index contributed by atoms with van der Waals surface area (Å²) in [7, 11) is 1.80. The maximum Gasteiger partial charge on any atom is 0.317 e. The first-order valence-electron chi connectivity index (χ1n) is 9.25. The number of nitrogens with one attached hydrogen (secondary N) is 1. The van der Waals surface area contributed by atoms with Crippen molar-refractivity contribution in [3.8, 4) is 0 Å². The van der Waals surface area contributed by atoms with E-state index in [2.05, 4.69) is 10.4 Å². The van der Waals surface area contributed by atoms with Gasteiger partial charge >= 0.3 is 6.03 Å². The van der Waals surface area contributed by atoms with Crippen LogP contribution in [0.3, 0.4) is 0 Å². The number of carbonyl (C=O) groups excluding carboxylic acids is 2. The molecule has 1 saturated heterocycles. The van der Waals surface area contributed by atoms with Crippen molar-refractivity contribution in [2.24, 2.45) is 5.92 Å². The maximum atomic E-state index is 12.4. The Hall–Kier alpha value is -2.05. The molecule has 1 aromatic heterocycles.